The van der Waals surface area contributed by atoms with Crippen LogP contribution >= 0.6 is 0 Å². The fraction of sp³-hybridized carbons (Fsp3) is 0.895. The van der Waals surface area contributed by atoms with Crippen LogP contribution in [0, 0.1) is 5.92 Å². The summed E-state index contributed by atoms with van der Waals surface area (Å²) < 4.78 is 0. The number of carbonyl (C=O) groups excluding carboxylic acids is 2. The maximum atomic E-state index is 10.2. The van der Waals surface area contributed by atoms with E-state index in [2.05, 4.69) is 30.2 Å². The topological polar surface area (TPSA) is 104 Å². The first-order valence-corrected chi connectivity index (χ1v) is 9.69. The van der Waals surface area contributed by atoms with Crippen molar-refractivity contribution in [1.29, 1.82) is 0 Å². The first kappa shape index (κ1) is 29.0. The van der Waals surface area contributed by atoms with E-state index in [1.165, 1.54) is 26.3 Å². The van der Waals surface area contributed by atoms with Crippen LogP contribution < -0.4 is 16.4 Å². The second-order valence-electron chi connectivity index (χ2n) is 5.75. The maximum absolute atomic E-state index is 10.2. The number of nitrogens with two attached hydrogens (primary N) is 1. The van der Waals surface area contributed by atoms with Crippen LogP contribution in [0.3, 0.4) is 0 Å². The summed E-state index contributed by atoms with van der Waals surface area (Å²) in [6.45, 7) is 9.27. The first-order chi connectivity index (χ1) is 12.1. The molecule has 0 radical (unpaired) electrons. The van der Waals surface area contributed by atoms with Gasteiger partial charge in [-0.1, -0.05) is 47.0 Å². The second kappa shape index (κ2) is 23.2. The smallest absolute Gasteiger partial charge is 0.150 e. The third-order valence-corrected chi connectivity index (χ3v) is 3.47. The van der Waals surface area contributed by atoms with Gasteiger partial charge >= 0.3 is 0 Å². The molecule has 0 bridgehead atoms. The Morgan fingerprint density at radius 1 is 1.20 bits per heavy atom. The molecule has 2 aliphatic rings. The summed E-state index contributed by atoms with van der Waals surface area (Å²) in [5.41, 5.74) is 4.50. The zero-order valence-corrected chi connectivity index (χ0v) is 17.3. The number of carbonyl (C=O) groups is 2. The molecule has 0 spiro atoms. The van der Waals surface area contributed by atoms with E-state index in [0.717, 1.165) is 38.0 Å². The summed E-state index contributed by atoms with van der Waals surface area (Å²) >= 11 is 0. The molecular formula is C19H43N3O3. The molecule has 2 rings (SSSR count). The number of aliphatic hydroxyl groups excluding tert-OH is 1. The highest BCUT2D eigenvalue weighted by Gasteiger charge is 2.27. The van der Waals surface area contributed by atoms with Crippen molar-refractivity contribution < 1.29 is 14.7 Å². The molecule has 0 aromatic rings. The number of nitrogens with one attached hydrogen (secondary N) is 2. The molecule has 1 heterocycles. The summed E-state index contributed by atoms with van der Waals surface area (Å²) in [7, 11) is 3.28. The molecule has 6 nitrogen and oxygen atoms in total. The van der Waals surface area contributed by atoms with E-state index in [0.29, 0.717) is 6.29 Å². The highest BCUT2D eigenvalue weighted by molar-refractivity contribution is 5.57. The van der Waals surface area contributed by atoms with Crippen molar-refractivity contribution in [2.24, 2.45) is 11.7 Å². The van der Waals surface area contributed by atoms with Crippen molar-refractivity contribution in [1.82, 2.24) is 10.6 Å². The van der Waals surface area contributed by atoms with Gasteiger partial charge in [-0.05, 0) is 45.8 Å². The second-order valence-corrected chi connectivity index (χ2v) is 5.75. The van der Waals surface area contributed by atoms with Gasteiger partial charge in [0.15, 0.2) is 0 Å². The Balaban J connectivity index is -0.000000298. The third-order valence-electron chi connectivity index (χ3n) is 3.47. The van der Waals surface area contributed by atoms with Gasteiger partial charge in [-0.3, -0.25) is 0 Å². The standard InChI is InChI=1S/C8H15NO2.C5H9NO.C3H8.C2H6.CH5N/c1-9-7(8(11)5-10)4-6-2-3-6;7-4-5-2-1-3-6-5;1-3-2;2*1-2/h5-9,11H,2-4H2,1H3;4-6H,1-3H2;3H2,1-2H3;1-2H3;2H2,1H3. The predicted octanol–water partition coefficient (Wildman–Crippen LogP) is 1.89. The van der Waals surface area contributed by atoms with Crippen molar-refractivity contribution in [3.05, 3.63) is 0 Å². The van der Waals surface area contributed by atoms with E-state index in [-0.39, 0.29) is 12.1 Å². The highest BCUT2D eigenvalue weighted by atomic mass is 16.3. The predicted molar refractivity (Wildman–Crippen MR) is 107 cm³/mol. The minimum atomic E-state index is -0.833. The lowest BCUT2D eigenvalue weighted by molar-refractivity contribution is -0.116. The van der Waals surface area contributed by atoms with Gasteiger partial charge in [0.25, 0.3) is 0 Å². The van der Waals surface area contributed by atoms with Gasteiger partial charge in [-0.2, -0.15) is 0 Å². The number of hydrogen-bond acceptors (Lipinski definition) is 6. The summed E-state index contributed by atoms with van der Waals surface area (Å²) in [6.07, 6.45) is 7.62. The Morgan fingerprint density at radius 3 is 1.96 bits per heavy atom. The van der Waals surface area contributed by atoms with Crippen LogP contribution in [0.4, 0.5) is 0 Å². The van der Waals surface area contributed by atoms with Gasteiger partial charge in [0.2, 0.25) is 0 Å². The molecular weight excluding hydrogens is 318 g/mol. The lowest BCUT2D eigenvalue weighted by atomic mass is 10.1. The van der Waals surface area contributed by atoms with E-state index in [9.17, 15) is 9.59 Å². The van der Waals surface area contributed by atoms with Gasteiger partial charge in [0.1, 0.15) is 18.7 Å². The largest absolute Gasteiger partial charge is 0.384 e. The Hall–Kier alpha value is -0.820. The van der Waals surface area contributed by atoms with Crippen LogP contribution in [0.1, 0.15) is 66.2 Å². The van der Waals surface area contributed by atoms with E-state index in [4.69, 9.17) is 5.11 Å². The normalized spacial score (nSPS) is 19.8. The Kier molecular flexibility index (Phi) is 26.9. The van der Waals surface area contributed by atoms with Gasteiger partial charge < -0.3 is 31.1 Å². The monoisotopic (exact) mass is 361 g/mol. The lowest BCUT2D eigenvalue weighted by Gasteiger charge is -2.17. The minimum absolute atomic E-state index is 0.0417. The van der Waals surface area contributed by atoms with Crippen LogP contribution in [-0.2, 0) is 9.59 Å². The van der Waals surface area contributed by atoms with Crippen LogP contribution in [0.25, 0.3) is 0 Å². The number of rotatable bonds is 6. The van der Waals surface area contributed by atoms with Gasteiger partial charge in [0.05, 0.1) is 6.04 Å². The zero-order valence-electron chi connectivity index (χ0n) is 17.3. The van der Waals surface area contributed by atoms with E-state index >= 15 is 0 Å². The molecule has 3 unspecified atom stereocenters. The maximum Gasteiger partial charge on any atom is 0.150 e. The molecule has 0 amide bonds. The minimum Gasteiger partial charge on any atom is -0.384 e. The molecule has 1 aliphatic carbocycles. The Morgan fingerprint density at radius 2 is 1.72 bits per heavy atom. The summed E-state index contributed by atoms with van der Waals surface area (Å²) in [4.78, 5) is 20.2. The van der Waals surface area contributed by atoms with Gasteiger partial charge in [-0.15, -0.1) is 0 Å². The fourth-order valence-corrected chi connectivity index (χ4v) is 2.06. The number of hydrogen-bond donors (Lipinski definition) is 4. The van der Waals surface area contributed by atoms with Gasteiger partial charge in [0, 0.05) is 6.04 Å². The molecule has 0 aromatic heterocycles. The molecule has 0 aromatic carbocycles. The van der Waals surface area contributed by atoms with Crippen LogP contribution in [0.5, 0.6) is 0 Å². The summed E-state index contributed by atoms with van der Waals surface area (Å²) in [5.74, 6) is 0.738. The van der Waals surface area contributed by atoms with Crippen molar-refractivity contribution in [3.63, 3.8) is 0 Å². The SMILES string of the molecule is CC.CCC.CN.CNC(CC1CC1)C(O)C=O.O=CC1CCCN1. The molecule has 25 heavy (non-hydrogen) atoms. The van der Waals surface area contributed by atoms with Gasteiger partial charge in [-0.25, -0.2) is 0 Å². The molecule has 3 atom stereocenters. The lowest BCUT2D eigenvalue weighted by Crippen LogP contribution is -2.38. The molecule has 152 valence electrons. The molecule has 5 N–H and O–H groups in total. The van der Waals surface area contributed by atoms with E-state index in [1.54, 1.807) is 7.05 Å². The number of aliphatic hydroxyl groups is 1. The first-order valence-electron chi connectivity index (χ1n) is 9.69. The third kappa shape index (κ3) is 19.4. The molecule has 6 heteroatoms. The van der Waals surface area contributed by atoms with Crippen molar-refractivity contribution in [3.8, 4) is 0 Å². The highest BCUT2D eigenvalue weighted by Crippen LogP contribution is 2.33. The molecule has 1 aliphatic heterocycles. The summed E-state index contributed by atoms with van der Waals surface area (Å²) in [5, 5.41) is 15.1. The quantitative estimate of drug-likeness (QED) is 0.539. The van der Waals surface area contributed by atoms with Crippen LogP contribution in [0.15, 0.2) is 0 Å². The molecule has 1 saturated carbocycles. The fourth-order valence-electron chi connectivity index (χ4n) is 2.06. The molecule has 2 fully saturated rings. The summed E-state index contributed by atoms with van der Waals surface area (Å²) in [6, 6.07) is 0.125. The molecule has 1 saturated heterocycles. The zero-order chi connectivity index (χ0) is 20.1. The Labute approximate surface area is 155 Å². The van der Waals surface area contributed by atoms with E-state index in [1.807, 2.05) is 13.8 Å². The van der Waals surface area contributed by atoms with Crippen LogP contribution in [0.2, 0.25) is 0 Å². The van der Waals surface area contributed by atoms with E-state index < -0.39 is 6.10 Å². The van der Waals surface area contributed by atoms with Crippen molar-refractivity contribution in [2.45, 2.75) is 84.4 Å². The van der Waals surface area contributed by atoms with Crippen molar-refractivity contribution in [2.75, 3.05) is 20.6 Å². The number of likely N-dealkylation sites (N-methyl/N-ethyl adjacent to an activating group) is 1. The van der Waals surface area contributed by atoms with Crippen LogP contribution in [-0.4, -0.2) is 56.5 Å². The average Bonchev–Trinajstić information content (AvgIpc) is 3.33. The number of aldehydes is 2. The Bertz CT molecular complexity index is 269. The average molecular weight is 362 g/mol. The van der Waals surface area contributed by atoms with Crippen molar-refractivity contribution >= 4 is 12.6 Å².